The van der Waals surface area contributed by atoms with Gasteiger partial charge in [-0.25, -0.2) is 9.97 Å². The maximum Gasteiger partial charge on any atom is 0.158 e. The molecule has 6 heterocycles. The number of fused-ring (bicyclic) bond motifs is 5. The molecule has 11 rings (SSSR count). The Bertz CT molecular complexity index is 2480. The number of benzene rings is 5. The Morgan fingerprint density at radius 1 is 0.414 bits per heavy atom. The van der Waals surface area contributed by atoms with Gasteiger partial charge in [-0.05, 0) is 72.8 Å². The number of para-hydroxylation sites is 2. The predicted molar refractivity (Wildman–Crippen MR) is 228 cm³/mol. The van der Waals surface area contributed by atoms with Crippen molar-refractivity contribution in [3.8, 4) is 34.0 Å². The molecule has 0 atom stereocenters. The number of rotatable bonds is 1. The first-order chi connectivity index (χ1) is 28.8. The molecule has 3 aliphatic rings. The van der Waals surface area contributed by atoms with E-state index in [1.54, 1.807) is 0 Å². The normalized spacial score (nSPS) is 15.8. The van der Waals surface area contributed by atoms with Crippen molar-refractivity contribution in [3.05, 3.63) is 127 Å². The van der Waals surface area contributed by atoms with Crippen LogP contribution in [-0.4, -0.2) is 89.1 Å². The van der Waals surface area contributed by atoms with E-state index in [1.165, 1.54) is 0 Å². The lowest BCUT2D eigenvalue weighted by Crippen LogP contribution is -2.31. The first-order valence-corrected chi connectivity index (χ1v) is 19.9. The molecule has 8 aromatic rings. The molecule has 294 valence electrons. The molecular formula is C48H45N3O7. The Morgan fingerprint density at radius 3 is 1.47 bits per heavy atom. The Morgan fingerprint density at radius 2 is 0.897 bits per heavy atom. The van der Waals surface area contributed by atoms with Gasteiger partial charge in [-0.3, -0.25) is 0 Å². The number of ether oxygens (including phenoxy) is 6. The van der Waals surface area contributed by atoms with Gasteiger partial charge >= 0.3 is 0 Å². The third kappa shape index (κ3) is 8.61. The second-order valence-corrected chi connectivity index (χ2v) is 14.0. The van der Waals surface area contributed by atoms with Crippen LogP contribution in [-0.2, 0) is 18.9 Å². The van der Waals surface area contributed by atoms with E-state index in [9.17, 15) is 0 Å². The fourth-order valence-corrected chi connectivity index (χ4v) is 7.30. The quantitative estimate of drug-likeness (QED) is 0.150. The van der Waals surface area contributed by atoms with Gasteiger partial charge in [0.25, 0.3) is 0 Å². The summed E-state index contributed by atoms with van der Waals surface area (Å²) >= 11 is 0. The molecule has 0 fully saturated rings. The summed E-state index contributed by atoms with van der Waals surface area (Å²) in [5.74, 6) is 1.55. The molecule has 0 unspecified atom stereocenters. The lowest BCUT2D eigenvalue weighted by molar-refractivity contribution is 0.0347. The fraction of sp³-hybridized carbons (Fsp3) is 0.250. The number of anilines is 1. The molecule has 0 amide bonds. The molecule has 3 aromatic heterocycles. The summed E-state index contributed by atoms with van der Waals surface area (Å²) in [6.07, 6.45) is 0. The Labute approximate surface area is 336 Å². The van der Waals surface area contributed by atoms with Gasteiger partial charge in [0, 0.05) is 45.8 Å². The van der Waals surface area contributed by atoms with Crippen LogP contribution in [0.1, 0.15) is 0 Å². The Hall–Kier alpha value is -6.04. The van der Waals surface area contributed by atoms with Gasteiger partial charge in [0.05, 0.1) is 81.0 Å². The molecule has 3 aliphatic heterocycles. The van der Waals surface area contributed by atoms with Crippen molar-refractivity contribution in [2.24, 2.45) is 0 Å². The molecule has 0 radical (unpaired) electrons. The number of pyridine rings is 2. The van der Waals surface area contributed by atoms with Gasteiger partial charge in [0.15, 0.2) is 5.58 Å². The van der Waals surface area contributed by atoms with Gasteiger partial charge in [-0.2, -0.15) is 0 Å². The summed E-state index contributed by atoms with van der Waals surface area (Å²) < 4.78 is 42.0. The zero-order valence-corrected chi connectivity index (χ0v) is 32.3. The van der Waals surface area contributed by atoms with Gasteiger partial charge in [0.2, 0.25) is 0 Å². The minimum atomic E-state index is 0.434. The van der Waals surface area contributed by atoms with Crippen molar-refractivity contribution in [2.45, 2.75) is 0 Å². The molecule has 10 heteroatoms. The average Bonchev–Trinajstić information content (AvgIpc) is 3.66. The third-order valence-corrected chi connectivity index (χ3v) is 10.3. The zero-order chi connectivity index (χ0) is 38.9. The monoisotopic (exact) mass is 775 g/mol. The van der Waals surface area contributed by atoms with Gasteiger partial charge in [-0.15, -0.1) is 0 Å². The number of hydrogen-bond acceptors (Lipinski definition) is 10. The molecule has 0 N–H and O–H groups in total. The maximum absolute atomic E-state index is 6.36. The van der Waals surface area contributed by atoms with E-state index >= 15 is 0 Å². The summed E-state index contributed by atoms with van der Waals surface area (Å²) in [5, 5.41) is 4.26. The first-order valence-electron chi connectivity index (χ1n) is 19.9. The van der Waals surface area contributed by atoms with E-state index in [4.69, 9.17) is 42.8 Å². The van der Waals surface area contributed by atoms with E-state index in [1.807, 2.05) is 78.9 Å². The van der Waals surface area contributed by atoms with Crippen LogP contribution in [0.2, 0.25) is 0 Å². The van der Waals surface area contributed by atoms with Crippen LogP contribution in [0.25, 0.3) is 66.3 Å². The number of hydrogen-bond donors (Lipinski definition) is 0. The molecule has 0 aliphatic carbocycles. The fourth-order valence-electron chi connectivity index (χ4n) is 7.30. The van der Waals surface area contributed by atoms with Crippen molar-refractivity contribution in [1.82, 2.24) is 9.97 Å². The number of furan rings is 1. The molecule has 0 saturated heterocycles. The van der Waals surface area contributed by atoms with Crippen molar-refractivity contribution in [2.75, 3.05) is 84.1 Å². The van der Waals surface area contributed by atoms with Gasteiger partial charge in [-0.1, -0.05) is 54.6 Å². The summed E-state index contributed by atoms with van der Waals surface area (Å²) in [6.45, 7) is 6.05. The van der Waals surface area contributed by atoms with Crippen molar-refractivity contribution < 1.29 is 32.8 Å². The van der Waals surface area contributed by atoms with Crippen molar-refractivity contribution in [1.29, 1.82) is 0 Å². The third-order valence-electron chi connectivity index (χ3n) is 10.3. The molecule has 10 nitrogen and oxygen atoms in total. The van der Waals surface area contributed by atoms with Crippen LogP contribution >= 0.6 is 0 Å². The second-order valence-electron chi connectivity index (χ2n) is 14.0. The number of nitrogens with zero attached hydrogens (tertiary/aromatic N) is 3. The minimum absolute atomic E-state index is 0.434. The highest BCUT2D eigenvalue weighted by Gasteiger charge is 2.16. The number of aromatic nitrogens is 2. The van der Waals surface area contributed by atoms with Gasteiger partial charge in [0.1, 0.15) is 30.3 Å². The highest BCUT2D eigenvalue weighted by Crippen LogP contribution is 2.35. The van der Waals surface area contributed by atoms with Crippen LogP contribution in [0.4, 0.5) is 5.69 Å². The summed E-state index contributed by atoms with van der Waals surface area (Å²) in [7, 11) is 0. The van der Waals surface area contributed by atoms with Crippen LogP contribution in [0.3, 0.4) is 0 Å². The summed E-state index contributed by atoms with van der Waals surface area (Å²) in [5.41, 5.74) is 8.21. The molecule has 0 saturated carbocycles. The molecule has 8 bridgehead atoms. The zero-order valence-electron chi connectivity index (χ0n) is 32.3. The predicted octanol–water partition coefficient (Wildman–Crippen LogP) is 9.36. The second kappa shape index (κ2) is 18.0. The van der Waals surface area contributed by atoms with Crippen LogP contribution in [0, 0.1) is 0 Å². The van der Waals surface area contributed by atoms with E-state index in [2.05, 4.69) is 53.4 Å². The topological polar surface area (TPSA) is 97.5 Å². The standard InChI is InChI=1S/C48H45N3O7/c1-2-7-45-40(4-1)41-5-3-6-44(48(41)58-45)51-22-24-52-26-28-54-30-32-56-38-16-10-34(11-17-38)42-20-14-36-8-9-37-15-21-43(50-47(37)46(36)49-42)35-12-18-39(19-13-35)57-33-31-55-29-27-53-25-23-51/h1-21H,22-33H2. The minimum Gasteiger partial charge on any atom is -0.491 e. The Kier molecular flexibility index (Phi) is 11.7. The van der Waals surface area contributed by atoms with Crippen LogP contribution < -0.4 is 14.4 Å². The van der Waals surface area contributed by atoms with Crippen molar-refractivity contribution in [3.63, 3.8) is 0 Å². The molecule has 0 spiro atoms. The first kappa shape index (κ1) is 37.5. The SMILES string of the molecule is c1ccc2c(c1)oc1c(N3CCOCCOCCOc4ccc(cc4)-c4ccc5ccc6ccc(nc6c5n4)-c4ccc(cc4)OCCOCCOCC3)cccc12. The van der Waals surface area contributed by atoms with E-state index in [0.29, 0.717) is 79.2 Å². The largest absolute Gasteiger partial charge is 0.491 e. The smallest absolute Gasteiger partial charge is 0.158 e. The highest BCUT2D eigenvalue weighted by molar-refractivity contribution is 6.09. The van der Waals surface area contributed by atoms with E-state index in [-0.39, 0.29) is 0 Å². The lowest BCUT2D eigenvalue weighted by atomic mass is 10.1. The lowest BCUT2D eigenvalue weighted by Gasteiger charge is -2.25. The average molecular weight is 776 g/mol. The Balaban J connectivity index is 0.885. The molecular weight excluding hydrogens is 731 g/mol. The maximum atomic E-state index is 6.36. The highest BCUT2D eigenvalue weighted by atomic mass is 16.5. The van der Waals surface area contributed by atoms with Gasteiger partial charge < -0.3 is 37.7 Å². The van der Waals surface area contributed by atoms with Crippen LogP contribution in [0.5, 0.6) is 11.5 Å². The van der Waals surface area contributed by atoms with E-state index < -0.39 is 0 Å². The van der Waals surface area contributed by atoms with E-state index in [0.717, 1.165) is 83.4 Å². The summed E-state index contributed by atoms with van der Waals surface area (Å²) in [4.78, 5) is 12.5. The van der Waals surface area contributed by atoms with Crippen molar-refractivity contribution >= 4 is 49.4 Å². The molecule has 58 heavy (non-hydrogen) atoms. The van der Waals surface area contributed by atoms with Crippen LogP contribution in [0.15, 0.2) is 132 Å². The summed E-state index contributed by atoms with van der Waals surface area (Å²) in [6, 6.07) is 42.9. The molecule has 5 aromatic carbocycles.